The Balaban J connectivity index is 1.53. The lowest BCUT2D eigenvalue weighted by molar-refractivity contribution is 0.174. The average molecular weight is 403 g/mol. The first-order valence-corrected chi connectivity index (χ1v) is 9.35. The quantitative estimate of drug-likeness (QED) is 0.674. The molecule has 1 fully saturated rings. The van der Waals surface area contributed by atoms with Gasteiger partial charge >= 0.3 is 5.69 Å². The molecule has 8 nitrogen and oxygen atoms in total. The predicted octanol–water partition coefficient (Wildman–Crippen LogP) is 1.79. The molecular weight excluding hydrogens is 384 g/mol. The van der Waals surface area contributed by atoms with Crippen molar-refractivity contribution in [2.24, 2.45) is 7.05 Å². The summed E-state index contributed by atoms with van der Waals surface area (Å²) in [5.41, 5.74) is 0.569. The third kappa shape index (κ3) is 3.79. The van der Waals surface area contributed by atoms with E-state index in [0.717, 1.165) is 17.4 Å². The van der Waals surface area contributed by atoms with Crippen LogP contribution in [-0.4, -0.2) is 24.4 Å². The van der Waals surface area contributed by atoms with Gasteiger partial charge in [-0.2, -0.15) is 4.98 Å². The number of hydrogen-bond acceptors (Lipinski definition) is 6. The molecular formula is C19H19ClN4O4. The molecule has 1 aliphatic rings. The summed E-state index contributed by atoms with van der Waals surface area (Å²) in [6.07, 6.45) is 2.85. The van der Waals surface area contributed by atoms with Crippen LogP contribution in [0.4, 0.5) is 0 Å². The van der Waals surface area contributed by atoms with Gasteiger partial charge in [0.25, 0.3) is 5.56 Å². The van der Waals surface area contributed by atoms with Gasteiger partial charge in [-0.05, 0) is 36.5 Å². The maximum atomic E-state index is 12.6. The molecule has 2 heterocycles. The van der Waals surface area contributed by atoms with Crippen molar-refractivity contribution < 1.29 is 9.63 Å². The van der Waals surface area contributed by atoms with Crippen molar-refractivity contribution in [2.75, 3.05) is 0 Å². The predicted molar refractivity (Wildman–Crippen MR) is 101 cm³/mol. The Hall–Kier alpha value is -2.71. The largest absolute Gasteiger partial charge is 0.388 e. The monoisotopic (exact) mass is 402 g/mol. The smallest absolute Gasteiger partial charge is 0.331 e. The summed E-state index contributed by atoms with van der Waals surface area (Å²) >= 11 is 5.85. The highest BCUT2D eigenvalue weighted by Crippen LogP contribution is 2.37. The molecule has 1 aliphatic carbocycles. The Morgan fingerprint density at radius 1 is 1.29 bits per heavy atom. The average Bonchev–Trinajstić information content (AvgIpc) is 3.42. The van der Waals surface area contributed by atoms with E-state index in [1.165, 1.54) is 4.57 Å². The van der Waals surface area contributed by atoms with Crippen molar-refractivity contribution in [1.82, 2.24) is 19.3 Å². The van der Waals surface area contributed by atoms with Crippen molar-refractivity contribution in [1.29, 1.82) is 0 Å². The van der Waals surface area contributed by atoms with Gasteiger partial charge in [0.15, 0.2) is 5.82 Å². The van der Waals surface area contributed by atoms with Gasteiger partial charge in [0, 0.05) is 30.3 Å². The van der Waals surface area contributed by atoms with Crippen LogP contribution in [0.15, 0.2) is 44.6 Å². The van der Waals surface area contributed by atoms with Gasteiger partial charge < -0.3 is 14.2 Å². The second kappa shape index (κ2) is 7.37. The highest BCUT2D eigenvalue weighted by Gasteiger charge is 2.28. The summed E-state index contributed by atoms with van der Waals surface area (Å²) in [6.45, 7) is -0.101. The fourth-order valence-electron chi connectivity index (χ4n) is 3.11. The molecule has 1 saturated carbocycles. The first-order valence-electron chi connectivity index (χ1n) is 8.97. The maximum Gasteiger partial charge on any atom is 0.331 e. The van der Waals surface area contributed by atoms with Crippen LogP contribution in [0.25, 0.3) is 0 Å². The molecule has 3 aromatic rings. The van der Waals surface area contributed by atoms with E-state index < -0.39 is 11.8 Å². The third-order valence-corrected chi connectivity index (χ3v) is 5.06. The molecule has 28 heavy (non-hydrogen) atoms. The fraction of sp³-hybridized carbons (Fsp3) is 0.368. The molecule has 0 aliphatic heterocycles. The van der Waals surface area contributed by atoms with Gasteiger partial charge in [0.1, 0.15) is 6.54 Å². The lowest BCUT2D eigenvalue weighted by Crippen LogP contribution is -2.40. The molecule has 0 spiro atoms. The van der Waals surface area contributed by atoms with Crippen LogP contribution in [0.3, 0.4) is 0 Å². The van der Waals surface area contributed by atoms with E-state index in [9.17, 15) is 14.7 Å². The second-order valence-corrected chi connectivity index (χ2v) is 7.46. The van der Waals surface area contributed by atoms with Crippen LogP contribution in [0.2, 0.25) is 5.02 Å². The Labute approximate surface area is 165 Å². The molecule has 0 saturated heterocycles. The Kier molecular flexibility index (Phi) is 4.91. The van der Waals surface area contributed by atoms with Crippen molar-refractivity contribution in [3.8, 4) is 0 Å². The van der Waals surface area contributed by atoms with Gasteiger partial charge in [-0.15, -0.1) is 0 Å². The molecule has 1 atom stereocenters. The SMILES string of the molecule is Cn1cc(C2CC2)c(=O)n(Cc2nc(CC(O)c3ccc(Cl)cc3)no2)c1=O. The summed E-state index contributed by atoms with van der Waals surface area (Å²) in [7, 11) is 1.62. The molecule has 0 amide bonds. The van der Waals surface area contributed by atoms with E-state index in [-0.39, 0.29) is 30.3 Å². The van der Waals surface area contributed by atoms with Gasteiger partial charge in [-0.3, -0.25) is 9.36 Å². The molecule has 0 bridgehead atoms. The first kappa shape index (κ1) is 18.6. The zero-order chi connectivity index (χ0) is 19.8. The lowest BCUT2D eigenvalue weighted by atomic mass is 10.1. The molecule has 1 unspecified atom stereocenters. The molecule has 1 aromatic carbocycles. The number of halogens is 1. The molecule has 2 aromatic heterocycles. The van der Waals surface area contributed by atoms with E-state index in [2.05, 4.69) is 10.1 Å². The number of hydrogen-bond donors (Lipinski definition) is 1. The number of aryl methyl sites for hydroxylation is 1. The van der Waals surface area contributed by atoms with Crippen LogP contribution in [0.1, 0.15) is 47.7 Å². The number of aliphatic hydroxyl groups excluding tert-OH is 1. The van der Waals surface area contributed by atoms with E-state index >= 15 is 0 Å². The molecule has 4 rings (SSSR count). The minimum absolute atomic E-state index is 0.101. The Morgan fingerprint density at radius 2 is 2.00 bits per heavy atom. The standard InChI is InChI=1S/C19H19ClN4O4/c1-23-9-14(11-2-3-11)18(26)24(19(23)27)10-17-21-16(22-28-17)8-15(25)12-4-6-13(20)7-5-12/h4-7,9,11,15,25H,2-3,8,10H2,1H3. The van der Waals surface area contributed by atoms with Crippen molar-refractivity contribution in [3.63, 3.8) is 0 Å². The topological polar surface area (TPSA) is 103 Å². The molecule has 1 N–H and O–H groups in total. The number of benzene rings is 1. The van der Waals surface area contributed by atoms with Gasteiger partial charge in [0.2, 0.25) is 5.89 Å². The number of rotatable bonds is 6. The summed E-state index contributed by atoms with van der Waals surface area (Å²) in [5, 5.41) is 14.8. The summed E-state index contributed by atoms with van der Waals surface area (Å²) in [4.78, 5) is 29.2. The molecule has 9 heteroatoms. The second-order valence-electron chi connectivity index (χ2n) is 7.02. The van der Waals surface area contributed by atoms with Crippen LogP contribution in [0.5, 0.6) is 0 Å². The van der Waals surface area contributed by atoms with E-state index in [1.54, 1.807) is 37.5 Å². The zero-order valence-electron chi connectivity index (χ0n) is 15.2. The van der Waals surface area contributed by atoms with Gasteiger partial charge in [0.05, 0.1) is 6.10 Å². The maximum absolute atomic E-state index is 12.6. The van der Waals surface area contributed by atoms with Crippen molar-refractivity contribution in [2.45, 2.75) is 37.8 Å². The number of aromatic nitrogens is 4. The lowest BCUT2D eigenvalue weighted by Gasteiger charge is -2.08. The highest BCUT2D eigenvalue weighted by molar-refractivity contribution is 6.30. The minimum atomic E-state index is -0.823. The first-order chi connectivity index (χ1) is 13.4. The van der Waals surface area contributed by atoms with Crippen LogP contribution >= 0.6 is 11.6 Å². The van der Waals surface area contributed by atoms with E-state index in [4.69, 9.17) is 16.1 Å². The zero-order valence-corrected chi connectivity index (χ0v) is 16.0. The van der Waals surface area contributed by atoms with Crippen LogP contribution < -0.4 is 11.2 Å². The number of aliphatic hydroxyl groups is 1. The van der Waals surface area contributed by atoms with Crippen molar-refractivity contribution >= 4 is 11.6 Å². The van der Waals surface area contributed by atoms with Gasteiger partial charge in [-0.25, -0.2) is 4.79 Å². The van der Waals surface area contributed by atoms with E-state index in [1.807, 2.05) is 0 Å². The fourth-order valence-corrected chi connectivity index (χ4v) is 3.24. The van der Waals surface area contributed by atoms with E-state index in [0.29, 0.717) is 22.0 Å². The van der Waals surface area contributed by atoms with Crippen LogP contribution in [0, 0.1) is 0 Å². The van der Waals surface area contributed by atoms with Crippen LogP contribution in [-0.2, 0) is 20.0 Å². The summed E-state index contributed by atoms with van der Waals surface area (Å²) < 4.78 is 7.70. The summed E-state index contributed by atoms with van der Waals surface area (Å²) in [5.74, 6) is 0.657. The third-order valence-electron chi connectivity index (χ3n) is 4.81. The van der Waals surface area contributed by atoms with Crippen molar-refractivity contribution in [3.05, 3.63) is 79.2 Å². The molecule has 0 radical (unpaired) electrons. The Morgan fingerprint density at radius 3 is 2.68 bits per heavy atom. The Bertz CT molecular complexity index is 1110. The highest BCUT2D eigenvalue weighted by atomic mass is 35.5. The molecule has 146 valence electrons. The minimum Gasteiger partial charge on any atom is -0.388 e. The normalized spacial score (nSPS) is 15.0. The number of nitrogens with zero attached hydrogens (tertiary/aromatic N) is 4. The summed E-state index contributed by atoms with van der Waals surface area (Å²) in [6, 6.07) is 6.83. The van der Waals surface area contributed by atoms with Gasteiger partial charge in [-0.1, -0.05) is 28.9 Å².